The van der Waals surface area contributed by atoms with Crippen LogP contribution in [0.1, 0.15) is 21.5 Å². The first-order valence-corrected chi connectivity index (χ1v) is 8.19. The quantitative estimate of drug-likeness (QED) is 0.706. The number of hydrogen-bond acceptors (Lipinski definition) is 4. The van der Waals surface area contributed by atoms with E-state index in [1.807, 2.05) is 6.07 Å². The molecule has 0 saturated heterocycles. The number of rotatable bonds is 3. The summed E-state index contributed by atoms with van der Waals surface area (Å²) in [5, 5.41) is 13.3. The maximum absolute atomic E-state index is 12.8. The summed E-state index contributed by atoms with van der Waals surface area (Å²) < 4.78 is 38.4. The second kappa shape index (κ2) is 6.98. The van der Waals surface area contributed by atoms with Crippen molar-refractivity contribution in [3.05, 3.63) is 70.6 Å². The van der Waals surface area contributed by atoms with Gasteiger partial charge in [0.1, 0.15) is 0 Å². The molecule has 0 atom stereocenters. The van der Waals surface area contributed by atoms with E-state index in [2.05, 4.69) is 10.3 Å². The molecule has 4 nitrogen and oxygen atoms in total. The molecule has 1 heterocycles. The van der Waals surface area contributed by atoms with Gasteiger partial charge >= 0.3 is 6.18 Å². The van der Waals surface area contributed by atoms with Gasteiger partial charge in [0.15, 0.2) is 5.13 Å². The van der Waals surface area contributed by atoms with Crippen LogP contribution in [0.15, 0.2) is 53.9 Å². The molecule has 1 aromatic heterocycles. The topological polar surface area (TPSA) is 65.8 Å². The zero-order valence-corrected chi connectivity index (χ0v) is 13.9. The van der Waals surface area contributed by atoms with Crippen molar-refractivity contribution in [2.24, 2.45) is 0 Å². The number of aromatic nitrogens is 1. The molecule has 1 amide bonds. The average molecular weight is 373 g/mol. The van der Waals surface area contributed by atoms with E-state index in [4.69, 9.17) is 5.26 Å². The van der Waals surface area contributed by atoms with Gasteiger partial charge in [0, 0.05) is 16.5 Å². The monoisotopic (exact) mass is 373 g/mol. The van der Waals surface area contributed by atoms with Crippen LogP contribution in [-0.2, 0) is 6.18 Å². The molecule has 3 aromatic rings. The fourth-order valence-electron chi connectivity index (χ4n) is 2.22. The van der Waals surface area contributed by atoms with Gasteiger partial charge in [0.05, 0.1) is 22.9 Å². The zero-order valence-electron chi connectivity index (χ0n) is 13.0. The van der Waals surface area contributed by atoms with Crippen LogP contribution in [0.3, 0.4) is 0 Å². The van der Waals surface area contributed by atoms with Gasteiger partial charge in [-0.15, -0.1) is 11.3 Å². The van der Waals surface area contributed by atoms with Gasteiger partial charge in [-0.05, 0) is 30.3 Å². The lowest BCUT2D eigenvalue weighted by molar-refractivity contribution is -0.137. The predicted octanol–water partition coefficient (Wildman–Crippen LogP) is 4.95. The molecule has 8 heteroatoms. The molecular formula is C18H10F3N3OS. The summed E-state index contributed by atoms with van der Waals surface area (Å²) in [6.07, 6.45) is -4.44. The third kappa shape index (κ3) is 3.90. The minimum absolute atomic E-state index is 0.254. The van der Waals surface area contributed by atoms with Gasteiger partial charge < -0.3 is 0 Å². The lowest BCUT2D eigenvalue weighted by Gasteiger charge is -2.07. The second-order valence-electron chi connectivity index (χ2n) is 5.26. The van der Waals surface area contributed by atoms with E-state index < -0.39 is 17.6 Å². The zero-order chi connectivity index (χ0) is 18.7. The number of thiazole rings is 1. The molecule has 0 aliphatic carbocycles. The van der Waals surface area contributed by atoms with E-state index in [1.54, 1.807) is 23.6 Å². The van der Waals surface area contributed by atoms with Crippen molar-refractivity contribution in [1.82, 2.24) is 4.98 Å². The Morgan fingerprint density at radius 1 is 1.15 bits per heavy atom. The fraction of sp³-hybridized carbons (Fsp3) is 0.0556. The molecule has 0 aliphatic heterocycles. The van der Waals surface area contributed by atoms with Crippen LogP contribution in [0, 0.1) is 11.3 Å². The Labute approximate surface area is 150 Å². The number of hydrogen-bond donors (Lipinski definition) is 1. The Morgan fingerprint density at radius 3 is 2.65 bits per heavy atom. The molecule has 26 heavy (non-hydrogen) atoms. The SMILES string of the molecule is N#Cc1cccc(C(=O)Nc2nc(-c3cccc(C(F)(F)F)c3)cs2)c1. The molecule has 0 aliphatic rings. The van der Waals surface area contributed by atoms with Crippen LogP contribution in [0.25, 0.3) is 11.3 Å². The van der Waals surface area contributed by atoms with E-state index in [0.717, 1.165) is 23.5 Å². The Kier molecular flexibility index (Phi) is 4.73. The number of benzene rings is 2. The summed E-state index contributed by atoms with van der Waals surface area (Å²) in [5.41, 5.74) is 0.522. The van der Waals surface area contributed by atoms with Gasteiger partial charge in [0.25, 0.3) is 5.91 Å². The van der Waals surface area contributed by atoms with E-state index in [-0.39, 0.29) is 5.13 Å². The molecule has 1 N–H and O–H groups in total. The van der Waals surface area contributed by atoms with Crippen molar-refractivity contribution in [3.63, 3.8) is 0 Å². The second-order valence-corrected chi connectivity index (χ2v) is 6.12. The number of halogens is 3. The van der Waals surface area contributed by atoms with E-state index in [0.29, 0.717) is 22.4 Å². The number of nitrogens with one attached hydrogen (secondary N) is 1. The molecule has 0 fully saturated rings. The standard InChI is InChI=1S/C18H10F3N3OS/c19-18(20,21)14-6-2-4-12(8-14)15-10-26-17(23-15)24-16(25)13-5-1-3-11(7-13)9-22/h1-8,10H,(H,23,24,25). The third-order valence-corrected chi connectivity index (χ3v) is 4.22. The number of alkyl halides is 3. The van der Waals surface area contributed by atoms with Crippen LogP contribution in [0.2, 0.25) is 0 Å². The van der Waals surface area contributed by atoms with Crippen molar-refractivity contribution >= 4 is 22.4 Å². The van der Waals surface area contributed by atoms with Crippen molar-refractivity contribution < 1.29 is 18.0 Å². The molecular weight excluding hydrogens is 363 g/mol. The van der Waals surface area contributed by atoms with Crippen molar-refractivity contribution in [2.45, 2.75) is 6.18 Å². The van der Waals surface area contributed by atoms with Crippen LogP contribution < -0.4 is 5.32 Å². The highest BCUT2D eigenvalue weighted by atomic mass is 32.1. The molecule has 0 bridgehead atoms. The van der Waals surface area contributed by atoms with E-state index in [1.165, 1.54) is 18.2 Å². The van der Waals surface area contributed by atoms with Gasteiger partial charge in [-0.3, -0.25) is 10.1 Å². The normalized spacial score (nSPS) is 11.0. The van der Waals surface area contributed by atoms with Crippen molar-refractivity contribution in [1.29, 1.82) is 5.26 Å². The number of anilines is 1. The minimum Gasteiger partial charge on any atom is -0.298 e. The van der Waals surface area contributed by atoms with E-state index >= 15 is 0 Å². The smallest absolute Gasteiger partial charge is 0.298 e. The van der Waals surface area contributed by atoms with Crippen LogP contribution in [-0.4, -0.2) is 10.9 Å². The lowest BCUT2D eigenvalue weighted by atomic mass is 10.1. The first-order valence-electron chi connectivity index (χ1n) is 7.31. The summed E-state index contributed by atoms with van der Waals surface area (Å²) in [6.45, 7) is 0. The molecule has 3 rings (SSSR count). The van der Waals surface area contributed by atoms with Crippen LogP contribution >= 0.6 is 11.3 Å². The summed E-state index contributed by atoms with van der Waals surface area (Å²) in [4.78, 5) is 16.4. The first-order chi connectivity index (χ1) is 12.4. The van der Waals surface area contributed by atoms with Gasteiger partial charge in [0.2, 0.25) is 0 Å². The number of nitrogens with zero attached hydrogens (tertiary/aromatic N) is 2. The lowest BCUT2D eigenvalue weighted by Crippen LogP contribution is -2.11. The molecule has 0 saturated carbocycles. The Balaban J connectivity index is 1.80. The Hall–Kier alpha value is -3.18. The van der Waals surface area contributed by atoms with Crippen LogP contribution in [0.4, 0.5) is 18.3 Å². The minimum atomic E-state index is -4.44. The summed E-state index contributed by atoms with van der Waals surface area (Å²) >= 11 is 1.10. The van der Waals surface area contributed by atoms with Gasteiger partial charge in [-0.25, -0.2) is 4.98 Å². The highest BCUT2D eigenvalue weighted by Gasteiger charge is 2.30. The molecule has 0 spiro atoms. The van der Waals surface area contributed by atoms with Gasteiger partial charge in [-0.1, -0.05) is 18.2 Å². The van der Waals surface area contributed by atoms with Gasteiger partial charge in [-0.2, -0.15) is 18.4 Å². The number of nitriles is 1. The summed E-state index contributed by atoms with van der Waals surface area (Å²) in [5.74, 6) is -0.452. The maximum atomic E-state index is 12.8. The fourth-order valence-corrected chi connectivity index (χ4v) is 2.93. The highest BCUT2D eigenvalue weighted by Crippen LogP contribution is 2.33. The Bertz CT molecular complexity index is 1010. The first kappa shape index (κ1) is 17.6. The maximum Gasteiger partial charge on any atom is 0.416 e. The Morgan fingerprint density at radius 2 is 1.92 bits per heavy atom. The summed E-state index contributed by atoms with van der Waals surface area (Å²) in [6, 6.07) is 12.9. The number of carbonyl (C=O) groups is 1. The average Bonchev–Trinajstić information content (AvgIpc) is 3.09. The molecule has 0 unspecified atom stereocenters. The number of amides is 1. The molecule has 0 radical (unpaired) electrons. The van der Waals surface area contributed by atoms with Crippen LogP contribution in [0.5, 0.6) is 0 Å². The number of carbonyl (C=O) groups excluding carboxylic acids is 1. The summed E-state index contributed by atoms with van der Waals surface area (Å²) in [7, 11) is 0. The van der Waals surface area contributed by atoms with Crippen molar-refractivity contribution in [2.75, 3.05) is 5.32 Å². The molecule has 130 valence electrons. The highest BCUT2D eigenvalue weighted by molar-refractivity contribution is 7.14. The van der Waals surface area contributed by atoms with E-state index in [9.17, 15) is 18.0 Å². The van der Waals surface area contributed by atoms with Crippen molar-refractivity contribution in [3.8, 4) is 17.3 Å². The molecule has 2 aromatic carbocycles. The largest absolute Gasteiger partial charge is 0.416 e. The predicted molar refractivity (Wildman–Crippen MR) is 91.7 cm³/mol. The third-order valence-electron chi connectivity index (χ3n) is 3.46.